The van der Waals surface area contributed by atoms with Crippen LogP contribution in [0.15, 0.2) is 0 Å². The van der Waals surface area contributed by atoms with Gasteiger partial charge in [0.1, 0.15) is 5.54 Å². The van der Waals surface area contributed by atoms with Crippen LogP contribution in [0.2, 0.25) is 0 Å². The van der Waals surface area contributed by atoms with Gasteiger partial charge in [-0.3, -0.25) is 4.79 Å². The van der Waals surface area contributed by atoms with E-state index in [9.17, 15) is 4.79 Å². The number of hydrogen-bond acceptors (Lipinski definition) is 2. The van der Waals surface area contributed by atoms with Crippen molar-refractivity contribution in [1.29, 1.82) is 5.26 Å². The van der Waals surface area contributed by atoms with Gasteiger partial charge in [-0.05, 0) is 38.0 Å². The highest BCUT2D eigenvalue weighted by Gasteiger charge is 2.43. The number of nitrogens with one attached hydrogen (secondary N) is 1. The Morgan fingerprint density at radius 2 is 2.07 bits per heavy atom. The Bertz CT molecular complexity index is 286. The van der Waals surface area contributed by atoms with Crippen LogP contribution in [0.4, 0.5) is 0 Å². The summed E-state index contributed by atoms with van der Waals surface area (Å²) in [4.78, 5) is 11.7. The van der Waals surface area contributed by atoms with Gasteiger partial charge in [-0.2, -0.15) is 5.26 Å². The Morgan fingerprint density at radius 3 is 2.50 bits per heavy atom. The third-order valence-corrected chi connectivity index (χ3v) is 3.48. The van der Waals surface area contributed by atoms with Crippen molar-refractivity contribution in [1.82, 2.24) is 5.32 Å². The summed E-state index contributed by atoms with van der Waals surface area (Å²) >= 11 is 0. The van der Waals surface area contributed by atoms with E-state index in [4.69, 9.17) is 5.26 Å². The molecule has 3 nitrogen and oxygen atoms in total. The van der Waals surface area contributed by atoms with Crippen molar-refractivity contribution >= 4 is 5.91 Å². The van der Waals surface area contributed by atoms with E-state index in [1.54, 1.807) is 0 Å². The largest absolute Gasteiger partial charge is 0.338 e. The maximum atomic E-state index is 11.7. The van der Waals surface area contributed by atoms with Gasteiger partial charge in [-0.25, -0.2) is 0 Å². The first-order chi connectivity index (χ1) is 6.67. The smallest absolute Gasteiger partial charge is 0.224 e. The highest BCUT2D eigenvalue weighted by molar-refractivity contribution is 5.82. The van der Waals surface area contributed by atoms with Gasteiger partial charge in [0.25, 0.3) is 0 Å². The summed E-state index contributed by atoms with van der Waals surface area (Å²) in [6.07, 6.45) is 4.78. The highest BCUT2D eigenvalue weighted by Crippen LogP contribution is 2.39. The molecular formula is C11H16N2O. The number of carbonyl (C=O) groups excluding carboxylic acids is 1. The molecule has 2 rings (SSSR count). The van der Waals surface area contributed by atoms with Gasteiger partial charge in [-0.15, -0.1) is 0 Å². The molecule has 0 aliphatic heterocycles. The Hall–Kier alpha value is -1.04. The molecule has 0 radical (unpaired) electrons. The van der Waals surface area contributed by atoms with Crippen LogP contribution in [0.1, 0.15) is 39.0 Å². The molecule has 0 aromatic rings. The summed E-state index contributed by atoms with van der Waals surface area (Å²) in [6, 6.07) is 2.27. The van der Waals surface area contributed by atoms with Crippen LogP contribution >= 0.6 is 0 Å². The average molecular weight is 192 g/mol. The molecule has 2 atom stereocenters. The molecule has 2 aliphatic carbocycles. The lowest BCUT2D eigenvalue weighted by molar-refractivity contribution is -0.123. The van der Waals surface area contributed by atoms with Crippen molar-refractivity contribution < 1.29 is 4.79 Å². The van der Waals surface area contributed by atoms with Crippen LogP contribution in [0, 0.1) is 23.2 Å². The fraction of sp³-hybridized carbons (Fsp3) is 0.818. The lowest BCUT2D eigenvalue weighted by Crippen LogP contribution is -2.45. The summed E-state index contributed by atoms with van der Waals surface area (Å²) in [5.74, 6) is 0.800. The molecule has 2 unspecified atom stereocenters. The fourth-order valence-corrected chi connectivity index (χ4v) is 2.26. The van der Waals surface area contributed by atoms with Crippen LogP contribution in [0.25, 0.3) is 0 Å². The summed E-state index contributed by atoms with van der Waals surface area (Å²) < 4.78 is 0. The summed E-state index contributed by atoms with van der Waals surface area (Å²) in [5, 5.41) is 12.0. The topological polar surface area (TPSA) is 52.9 Å². The molecular weight excluding hydrogens is 176 g/mol. The van der Waals surface area contributed by atoms with E-state index in [2.05, 4.69) is 18.3 Å². The highest BCUT2D eigenvalue weighted by atomic mass is 16.2. The van der Waals surface area contributed by atoms with E-state index < -0.39 is 5.54 Å². The normalized spacial score (nSPS) is 33.4. The van der Waals surface area contributed by atoms with Crippen molar-refractivity contribution in [2.75, 3.05) is 0 Å². The molecule has 0 aromatic heterocycles. The number of nitriles is 1. The summed E-state index contributed by atoms with van der Waals surface area (Å²) in [7, 11) is 0. The molecule has 76 valence electrons. The maximum absolute atomic E-state index is 11.7. The zero-order valence-electron chi connectivity index (χ0n) is 8.55. The second-order valence-electron chi connectivity index (χ2n) is 4.71. The third kappa shape index (κ3) is 1.61. The second kappa shape index (κ2) is 3.27. The van der Waals surface area contributed by atoms with Gasteiger partial charge >= 0.3 is 0 Å². The first kappa shape index (κ1) is 9.51. The van der Waals surface area contributed by atoms with E-state index in [-0.39, 0.29) is 11.8 Å². The molecule has 2 saturated carbocycles. The SMILES string of the molecule is CC1CC1C(=O)NC1(C#N)CCCC1. The molecule has 14 heavy (non-hydrogen) atoms. The minimum Gasteiger partial charge on any atom is -0.338 e. The van der Waals surface area contributed by atoms with Crippen molar-refractivity contribution in [2.24, 2.45) is 11.8 Å². The van der Waals surface area contributed by atoms with Gasteiger partial charge in [-0.1, -0.05) is 6.92 Å². The van der Waals surface area contributed by atoms with Gasteiger partial charge in [0.15, 0.2) is 0 Å². The molecule has 0 saturated heterocycles. The van der Waals surface area contributed by atoms with Gasteiger partial charge in [0.05, 0.1) is 6.07 Å². The zero-order valence-corrected chi connectivity index (χ0v) is 8.55. The zero-order chi connectivity index (χ0) is 10.2. The molecule has 2 aliphatic rings. The van der Waals surface area contributed by atoms with Crippen molar-refractivity contribution in [3.05, 3.63) is 0 Å². The first-order valence-electron chi connectivity index (χ1n) is 5.40. The number of amides is 1. The quantitative estimate of drug-likeness (QED) is 0.722. The van der Waals surface area contributed by atoms with Gasteiger partial charge < -0.3 is 5.32 Å². The Balaban J connectivity index is 1.95. The van der Waals surface area contributed by atoms with Crippen molar-refractivity contribution in [3.63, 3.8) is 0 Å². The number of carbonyl (C=O) groups is 1. The van der Waals surface area contributed by atoms with Crippen LogP contribution in [-0.2, 0) is 4.79 Å². The number of hydrogen-bond donors (Lipinski definition) is 1. The van der Waals surface area contributed by atoms with E-state index in [0.29, 0.717) is 5.92 Å². The third-order valence-electron chi connectivity index (χ3n) is 3.48. The Morgan fingerprint density at radius 1 is 1.50 bits per heavy atom. The Kier molecular flexibility index (Phi) is 2.22. The van der Waals surface area contributed by atoms with E-state index >= 15 is 0 Å². The molecule has 1 amide bonds. The Labute approximate surface area is 84.5 Å². The predicted molar refractivity (Wildman–Crippen MR) is 52.2 cm³/mol. The minimum absolute atomic E-state index is 0.0981. The second-order valence-corrected chi connectivity index (χ2v) is 4.71. The molecule has 0 bridgehead atoms. The van der Waals surface area contributed by atoms with Gasteiger partial charge in [0, 0.05) is 5.92 Å². The lowest BCUT2D eigenvalue weighted by Gasteiger charge is -2.21. The first-order valence-corrected chi connectivity index (χ1v) is 5.40. The predicted octanol–water partition coefficient (Wildman–Crippen LogP) is 1.59. The minimum atomic E-state index is -0.528. The molecule has 0 heterocycles. The van der Waals surface area contributed by atoms with Gasteiger partial charge in [0.2, 0.25) is 5.91 Å². The number of nitrogens with zero attached hydrogens (tertiary/aromatic N) is 1. The molecule has 1 N–H and O–H groups in total. The number of rotatable bonds is 2. The average Bonchev–Trinajstić information content (AvgIpc) is 2.74. The van der Waals surface area contributed by atoms with Crippen LogP contribution in [-0.4, -0.2) is 11.4 Å². The molecule has 2 fully saturated rings. The molecule has 3 heteroatoms. The van der Waals surface area contributed by atoms with E-state index in [1.807, 2.05) is 0 Å². The lowest BCUT2D eigenvalue weighted by atomic mass is 9.99. The standard InChI is InChI=1S/C11H16N2O/c1-8-6-9(8)10(14)13-11(7-12)4-2-3-5-11/h8-9H,2-6H2,1H3,(H,13,14). The molecule has 0 spiro atoms. The maximum Gasteiger partial charge on any atom is 0.224 e. The van der Waals surface area contributed by atoms with Crippen LogP contribution < -0.4 is 5.32 Å². The summed E-state index contributed by atoms with van der Waals surface area (Å²) in [5.41, 5.74) is -0.528. The monoisotopic (exact) mass is 192 g/mol. The van der Waals surface area contributed by atoms with Crippen molar-refractivity contribution in [2.45, 2.75) is 44.6 Å². The summed E-state index contributed by atoms with van der Waals surface area (Å²) in [6.45, 7) is 2.08. The van der Waals surface area contributed by atoms with E-state index in [0.717, 1.165) is 32.1 Å². The van der Waals surface area contributed by atoms with Crippen molar-refractivity contribution in [3.8, 4) is 6.07 Å². The van der Waals surface area contributed by atoms with Crippen LogP contribution in [0.3, 0.4) is 0 Å². The van der Waals surface area contributed by atoms with E-state index in [1.165, 1.54) is 0 Å². The fourth-order valence-electron chi connectivity index (χ4n) is 2.26. The molecule has 0 aromatic carbocycles. The van der Waals surface area contributed by atoms with Crippen LogP contribution in [0.5, 0.6) is 0 Å².